The lowest BCUT2D eigenvalue weighted by atomic mass is 9.93. The lowest BCUT2D eigenvalue weighted by Gasteiger charge is -2.31. The van der Waals surface area contributed by atoms with Crippen LogP contribution in [0.2, 0.25) is 0 Å². The maximum absolute atomic E-state index is 12.6. The maximum atomic E-state index is 12.6. The molecule has 5 rings (SSSR count). The molecule has 0 spiro atoms. The highest BCUT2D eigenvalue weighted by Gasteiger charge is 2.24. The molecule has 11 nitrogen and oxygen atoms in total. The number of piperidine rings is 2. The number of carboxylic acids is 1. The number of carboxylic acid groups (broad SMARTS) is 1. The zero-order chi connectivity index (χ0) is 25.8. The van der Waals surface area contributed by atoms with E-state index in [0.29, 0.717) is 29.2 Å². The van der Waals surface area contributed by atoms with Gasteiger partial charge in [-0.25, -0.2) is 10.1 Å². The molecule has 0 saturated carbocycles. The number of anilines is 3. The molecule has 2 aliphatic rings. The second-order valence-corrected chi connectivity index (χ2v) is 9.89. The highest BCUT2D eigenvalue weighted by molar-refractivity contribution is 5.90. The molecule has 2 fully saturated rings. The number of nitrogens with zero attached hydrogens (tertiary/aromatic N) is 6. The summed E-state index contributed by atoms with van der Waals surface area (Å²) < 4.78 is 0. The van der Waals surface area contributed by atoms with Crippen LogP contribution >= 0.6 is 0 Å². The molecule has 1 atom stereocenters. The molecule has 4 heterocycles. The van der Waals surface area contributed by atoms with Crippen LogP contribution in [0, 0.1) is 23.2 Å². The average Bonchev–Trinajstić information content (AvgIpc) is 2.90. The predicted molar refractivity (Wildman–Crippen MR) is 138 cm³/mol. The third-order valence-corrected chi connectivity index (χ3v) is 7.19. The minimum atomic E-state index is -0.717. The van der Waals surface area contributed by atoms with Gasteiger partial charge in [0.2, 0.25) is 5.95 Å². The zero-order valence-corrected chi connectivity index (χ0v) is 20.6. The fraction of sp³-hybridized carbons (Fsp3) is 0.462. The lowest BCUT2D eigenvalue weighted by Crippen LogP contribution is -2.36. The minimum absolute atomic E-state index is 0.0720. The van der Waals surface area contributed by atoms with Crippen LogP contribution in [0.25, 0.3) is 10.9 Å². The van der Waals surface area contributed by atoms with Gasteiger partial charge in [0, 0.05) is 31.7 Å². The molecule has 11 heteroatoms. The smallest absolute Gasteiger partial charge is 0.303 e. The summed E-state index contributed by atoms with van der Waals surface area (Å²) in [5.41, 5.74) is 2.02. The van der Waals surface area contributed by atoms with E-state index in [0.717, 1.165) is 63.1 Å². The second-order valence-electron chi connectivity index (χ2n) is 9.89. The number of likely N-dealkylation sites (tertiary alicyclic amines) is 1. The third-order valence-electron chi connectivity index (χ3n) is 7.19. The van der Waals surface area contributed by atoms with Crippen LogP contribution in [0.1, 0.15) is 37.7 Å². The number of rotatable bonds is 7. The van der Waals surface area contributed by atoms with E-state index in [1.807, 2.05) is 29.2 Å². The van der Waals surface area contributed by atoms with Crippen molar-refractivity contribution < 1.29 is 9.90 Å². The molecule has 3 aromatic rings. The molecule has 0 amide bonds. The minimum Gasteiger partial charge on any atom is -0.481 e. The molecule has 2 aliphatic heterocycles. The molecular formula is C26H30N8O3. The molecule has 192 valence electrons. The Hall–Kier alpha value is -4.04. The first-order valence-corrected chi connectivity index (χ1v) is 12.7. The largest absolute Gasteiger partial charge is 0.481 e. The Morgan fingerprint density at radius 3 is 2.68 bits per heavy atom. The van der Waals surface area contributed by atoms with Crippen molar-refractivity contribution in [2.45, 2.75) is 38.6 Å². The SMILES string of the molecule is N#CC1CCCN(c2nc(Nc3ccc(CN4CCC(CC(=O)O)CC4)cc3)c3c(=O)[nH]ncc3n2)C1. The van der Waals surface area contributed by atoms with Gasteiger partial charge in [0.25, 0.3) is 5.56 Å². The summed E-state index contributed by atoms with van der Waals surface area (Å²) in [6, 6.07) is 10.4. The summed E-state index contributed by atoms with van der Waals surface area (Å²) in [5.74, 6) is 0.353. The summed E-state index contributed by atoms with van der Waals surface area (Å²) in [7, 11) is 0. The first-order valence-electron chi connectivity index (χ1n) is 12.7. The number of H-pyrrole nitrogens is 1. The number of hydrogen-bond acceptors (Lipinski definition) is 9. The molecule has 2 aromatic heterocycles. The van der Waals surface area contributed by atoms with Gasteiger partial charge in [-0.3, -0.25) is 14.5 Å². The van der Waals surface area contributed by atoms with Gasteiger partial charge in [-0.05, 0) is 62.4 Å². The van der Waals surface area contributed by atoms with Crippen molar-refractivity contribution >= 4 is 34.3 Å². The van der Waals surface area contributed by atoms with Gasteiger partial charge in [0.05, 0.1) is 18.2 Å². The molecule has 0 aliphatic carbocycles. The quantitative estimate of drug-likeness (QED) is 0.440. The highest BCUT2D eigenvalue weighted by atomic mass is 16.4. The molecule has 0 radical (unpaired) electrons. The Labute approximate surface area is 214 Å². The third kappa shape index (κ3) is 5.86. The molecule has 1 unspecified atom stereocenters. The van der Waals surface area contributed by atoms with Crippen molar-refractivity contribution in [1.82, 2.24) is 25.1 Å². The number of aromatic nitrogens is 4. The van der Waals surface area contributed by atoms with Gasteiger partial charge >= 0.3 is 5.97 Å². The second kappa shape index (κ2) is 10.9. The van der Waals surface area contributed by atoms with E-state index in [2.05, 4.69) is 36.5 Å². The van der Waals surface area contributed by atoms with Crippen molar-refractivity contribution in [3.8, 4) is 6.07 Å². The van der Waals surface area contributed by atoms with Crippen molar-refractivity contribution in [2.24, 2.45) is 11.8 Å². The first-order chi connectivity index (χ1) is 18.0. The Bertz CT molecular complexity index is 1360. The monoisotopic (exact) mass is 502 g/mol. The van der Waals surface area contributed by atoms with Crippen molar-refractivity contribution in [3.05, 3.63) is 46.4 Å². The Morgan fingerprint density at radius 2 is 1.95 bits per heavy atom. The van der Waals surface area contributed by atoms with E-state index in [-0.39, 0.29) is 23.8 Å². The molecule has 0 bridgehead atoms. The molecular weight excluding hydrogens is 472 g/mol. The summed E-state index contributed by atoms with van der Waals surface area (Å²) >= 11 is 0. The molecule has 1 aromatic carbocycles. The van der Waals surface area contributed by atoms with Gasteiger partial charge < -0.3 is 15.3 Å². The summed E-state index contributed by atoms with van der Waals surface area (Å²) in [4.78, 5) is 37.2. The van der Waals surface area contributed by atoms with E-state index >= 15 is 0 Å². The standard InChI is InChI=1S/C26H30N8O3/c27-13-19-2-1-9-34(16-19)26-30-21-14-28-32-25(37)23(21)24(31-26)29-20-5-3-18(4-6-20)15-33-10-7-17(8-11-33)12-22(35)36/h3-6,14,17,19H,1-2,7-12,15-16H2,(H,32,37)(H,35,36)(H,29,30,31). The van der Waals surface area contributed by atoms with Crippen LogP contribution in [0.5, 0.6) is 0 Å². The molecule has 37 heavy (non-hydrogen) atoms. The van der Waals surface area contributed by atoms with Gasteiger partial charge in [0.1, 0.15) is 16.7 Å². The number of carbonyl (C=O) groups is 1. The number of benzene rings is 1. The van der Waals surface area contributed by atoms with Crippen LogP contribution in [0.4, 0.5) is 17.5 Å². The van der Waals surface area contributed by atoms with Gasteiger partial charge in [-0.1, -0.05) is 12.1 Å². The topological polar surface area (TPSA) is 151 Å². The number of aliphatic carboxylic acids is 1. The summed E-state index contributed by atoms with van der Waals surface area (Å²) in [6.45, 7) is 3.91. The van der Waals surface area contributed by atoms with Gasteiger partial charge in [-0.2, -0.15) is 15.3 Å². The number of hydrogen-bond donors (Lipinski definition) is 3. The van der Waals surface area contributed by atoms with E-state index in [1.165, 1.54) is 6.20 Å². The fourth-order valence-electron chi connectivity index (χ4n) is 5.17. The first kappa shape index (κ1) is 24.6. The molecule has 3 N–H and O–H groups in total. The van der Waals surface area contributed by atoms with Crippen LogP contribution in [-0.4, -0.2) is 62.3 Å². The van der Waals surface area contributed by atoms with E-state index < -0.39 is 5.97 Å². The normalized spacial score (nSPS) is 19.0. The van der Waals surface area contributed by atoms with Gasteiger partial charge in [0.15, 0.2) is 0 Å². The van der Waals surface area contributed by atoms with E-state index in [4.69, 9.17) is 5.11 Å². The van der Waals surface area contributed by atoms with E-state index in [9.17, 15) is 14.9 Å². The number of nitriles is 1. The van der Waals surface area contributed by atoms with E-state index in [1.54, 1.807) is 0 Å². The number of nitrogens with one attached hydrogen (secondary N) is 2. The number of aromatic amines is 1. The lowest BCUT2D eigenvalue weighted by molar-refractivity contribution is -0.138. The summed E-state index contributed by atoms with van der Waals surface area (Å²) in [5, 5.41) is 28.4. The Morgan fingerprint density at radius 1 is 1.16 bits per heavy atom. The highest BCUT2D eigenvalue weighted by Crippen LogP contribution is 2.27. The van der Waals surface area contributed by atoms with Crippen LogP contribution in [0.3, 0.4) is 0 Å². The van der Waals surface area contributed by atoms with Crippen molar-refractivity contribution in [2.75, 3.05) is 36.4 Å². The maximum Gasteiger partial charge on any atom is 0.303 e. The zero-order valence-electron chi connectivity index (χ0n) is 20.6. The fourth-order valence-corrected chi connectivity index (χ4v) is 5.17. The molecule has 2 saturated heterocycles. The van der Waals surface area contributed by atoms with Crippen molar-refractivity contribution in [3.63, 3.8) is 0 Å². The Balaban J connectivity index is 1.31. The van der Waals surface area contributed by atoms with Gasteiger partial charge in [-0.15, -0.1) is 0 Å². The average molecular weight is 503 g/mol. The summed E-state index contributed by atoms with van der Waals surface area (Å²) in [6.07, 6.45) is 5.33. The van der Waals surface area contributed by atoms with Crippen molar-refractivity contribution in [1.29, 1.82) is 5.26 Å². The van der Waals surface area contributed by atoms with Crippen LogP contribution in [0.15, 0.2) is 35.3 Å². The predicted octanol–water partition coefficient (Wildman–Crippen LogP) is 2.88. The Kier molecular flexibility index (Phi) is 7.28. The number of fused-ring (bicyclic) bond motifs is 1. The van der Waals surface area contributed by atoms with Crippen LogP contribution in [-0.2, 0) is 11.3 Å². The van der Waals surface area contributed by atoms with Crippen LogP contribution < -0.4 is 15.8 Å².